The molecule has 130 valence electrons. The maximum Gasteiger partial charge on any atom is 0.257 e. The Labute approximate surface area is 140 Å². The van der Waals surface area contributed by atoms with Crippen molar-refractivity contribution in [3.63, 3.8) is 0 Å². The number of nitrogens with zero attached hydrogens (tertiary/aromatic N) is 3. The lowest BCUT2D eigenvalue weighted by Gasteiger charge is -2.31. The molecule has 0 bridgehead atoms. The number of hydrogen-bond donors (Lipinski definition) is 1. The Hall–Kier alpha value is -2.00. The summed E-state index contributed by atoms with van der Waals surface area (Å²) in [6, 6.07) is 1.51. The average Bonchev–Trinajstić information content (AvgIpc) is 2.96. The van der Waals surface area contributed by atoms with E-state index in [9.17, 15) is 13.2 Å². The minimum atomic E-state index is -3.24. The molecule has 0 spiro atoms. The van der Waals surface area contributed by atoms with E-state index < -0.39 is 10.0 Å². The molecule has 24 heavy (non-hydrogen) atoms. The van der Waals surface area contributed by atoms with Crippen molar-refractivity contribution in [3.8, 4) is 0 Å². The summed E-state index contributed by atoms with van der Waals surface area (Å²) < 4.78 is 29.8. The smallest absolute Gasteiger partial charge is 0.257 e. The molecule has 0 saturated carbocycles. The number of fused-ring (bicyclic) bond motifs is 1. The van der Waals surface area contributed by atoms with Crippen molar-refractivity contribution in [2.75, 3.05) is 19.3 Å². The van der Waals surface area contributed by atoms with E-state index in [1.165, 1.54) is 16.8 Å². The molecule has 0 aliphatic carbocycles. The fourth-order valence-corrected chi connectivity index (χ4v) is 3.80. The lowest BCUT2D eigenvalue weighted by atomic mass is 10.1. The Balaban J connectivity index is 1.75. The van der Waals surface area contributed by atoms with Gasteiger partial charge in [-0.3, -0.25) is 4.79 Å². The number of rotatable bonds is 4. The fraction of sp³-hybridized carbons (Fsp3) is 0.533. The number of nitrogens with one attached hydrogen (secondary N) is 1. The van der Waals surface area contributed by atoms with Crippen molar-refractivity contribution in [1.29, 1.82) is 0 Å². The van der Waals surface area contributed by atoms with Crippen molar-refractivity contribution in [3.05, 3.63) is 23.5 Å². The summed E-state index contributed by atoms with van der Waals surface area (Å²) in [5.41, 5.74) is 1.58. The van der Waals surface area contributed by atoms with E-state index in [1.807, 2.05) is 6.92 Å². The van der Waals surface area contributed by atoms with Crippen LogP contribution in [0.4, 0.5) is 0 Å². The maximum absolute atomic E-state index is 12.5. The second kappa shape index (κ2) is 6.48. The molecule has 1 unspecified atom stereocenters. The number of sulfonamides is 1. The first kappa shape index (κ1) is 16.8. The Kier molecular flexibility index (Phi) is 4.55. The molecule has 2 aromatic heterocycles. The molecule has 3 heterocycles. The van der Waals surface area contributed by atoms with Gasteiger partial charge in [-0.2, -0.15) is 0 Å². The van der Waals surface area contributed by atoms with Crippen molar-refractivity contribution < 1.29 is 17.7 Å². The van der Waals surface area contributed by atoms with Crippen LogP contribution in [-0.4, -0.2) is 54.2 Å². The standard InChI is InChI=1S/C15H20N4O4S/c1-3-13-12-7-10(8-16-15(12)23-18-13)14(20)17-11-5-4-6-19(9-11)24(2,21)22/h7-8,11H,3-6,9H2,1-2H3,(H,17,20). The highest BCUT2D eigenvalue weighted by atomic mass is 32.2. The minimum Gasteiger partial charge on any atom is -0.348 e. The van der Waals surface area contributed by atoms with Crippen LogP contribution in [0.3, 0.4) is 0 Å². The van der Waals surface area contributed by atoms with E-state index in [1.54, 1.807) is 6.07 Å². The summed E-state index contributed by atoms with van der Waals surface area (Å²) in [4.78, 5) is 16.6. The number of aryl methyl sites for hydroxylation is 1. The van der Waals surface area contributed by atoms with Gasteiger partial charge in [0.25, 0.3) is 11.6 Å². The van der Waals surface area contributed by atoms with E-state index in [0.29, 0.717) is 30.8 Å². The van der Waals surface area contributed by atoms with E-state index in [-0.39, 0.29) is 11.9 Å². The van der Waals surface area contributed by atoms with Gasteiger partial charge in [0.15, 0.2) is 0 Å². The highest BCUT2D eigenvalue weighted by molar-refractivity contribution is 7.88. The Morgan fingerprint density at radius 1 is 1.50 bits per heavy atom. The van der Waals surface area contributed by atoms with Crippen LogP contribution in [0.25, 0.3) is 11.1 Å². The second-order valence-corrected chi connectivity index (χ2v) is 7.98. The molecular weight excluding hydrogens is 332 g/mol. The van der Waals surface area contributed by atoms with Gasteiger partial charge in [0.2, 0.25) is 10.0 Å². The summed E-state index contributed by atoms with van der Waals surface area (Å²) in [6.45, 7) is 2.75. The van der Waals surface area contributed by atoms with Gasteiger partial charge in [-0.1, -0.05) is 12.1 Å². The molecule has 1 amide bonds. The molecule has 1 saturated heterocycles. The van der Waals surface area contributed by atoms with Crippen molar-refractivity contribution >= 4 is 27.0 Å². The van der Waals surface area contributed by atoms with E-state index in [2.05, 4.69) is 15.5 Å². The molecule has 1 aliphatic rings. The fourth-order valence-electron chi connectivity index (χ4n) is 2.89. The lowest BCUT2D eigenvalue weighted by molar-refractivity contribution is 0.0921. The number of hydrogen-bond acceptors (Lipinski definition) is 6. The third-order valence-corrected chi connectivity index (χ3v) is 5.46. The van der Waals surface area contributed by atoms with Crippen LogP contribution in [0, 0.1) is 0 Å². The molecule has 8 nitrogen and oxygen atoms in total. The predicted molar refractivity (Wildman–Crippen MR) is 88.1 cm³/mol. The number of carbonyl (C=O) groups excluding carboxylic acids is 1. The largest absolute Gasteiger partial charge is 0.348 e. The van der Waals surface area contributed by atoms with Crippen LogP contribution in [0.15, 0.2) is 16.8 Å². The van der Waals surface area contributed by atoms with Crippen molar-refractivity contribution in [1.82, 2.24) is 19.8 Å². The zero-order valence-electron chi connectivity index (χ0n) is 13.7. The first-order chi connectivity index (χ1) is 11.4. The quantitative estimate of drug-likeness (QED) is 0.878. The molecule has 3 rings (SSSR count). The first-order valence-electron chi connectivity index (χ1n) is 7.88. The normalized spacial score (nSPS) is 19.5. The van der Waals surface area contributed by atoms with Crippen LogP contribution >= 0.6 is 0 Å². The monoisotopic (exact) mass is 352 g/mol. The number of aromatic nitrogens is 2. The highest BCUT2D eigenvalue weighted by Gasteiger charge is 2.27. The molecule has 1 N–H and O–H groups in total. The lowest BCUT2D eigenvalue weighted by Crippen LogP contribution is -2.49. The van der Waals surface area contributed by atoms with Gasteiger partial charge >= 0.3 is 0 Å². The van der Waals surface area contributed by atoms with E-state index in [4.69, 9.17) is 4.52 Å². The first-order valence-corrected chi connectivity index (χ1v) is 9.73. The third kappa shape index (κ3) is 3.41. The number of carbonyl (C=O) groups is 1. The summed E-state index contributed by atoms with van der Waals surface area (Å²) in [5, 5.41) is 7.55. The summed E-state index contributed by atoms with van der Waals surface area (Å²) in [6.07, 6.45) is 4.79. The van der Waals surface area contributed by atoms with Crippen LogP contribution in [0.2, 0.25) is 0 Å². The Bertz CT molecular complexity index is 861. The summed E-state index contributed by atoms with van der Waals surface area (Å²) >= 11 is 0. The molecule has 2 aromatic rings. The van der Waals surface area contributed by atoms with Crippen LogP contribution in [-0.2, 0) is 16.4 Å². The summed E-state index contributed by atoms with van der Waals surface area (Å²) in [7, 11) is -3.24. The molecule has 1 atom stereocenters. The zero-order valence-corrected chi connectivity index (χ0v) is 14.5. The van der Waals surface area contributed by atoms with Gasteiger partial charge in [-0.15, -0.1) is 0 Å². The van der Waals surface area contributed by atoms with Gasteiger partial charge < -0.3 is 9.84 Å². The number of amides is 1. The summed E-state index contributed by atoms with van der Waals surface area (Å²) in [5.74, 6) is -0.270. The van der Waals surface area contributed by atoms with Crippen LogP contribution < -0.4 is 5.32 Å². The molecule has 0 aromatic carbocycles. The highest BCUT2D eigenvalue weighted by Crippen LogP contribution is 2.19. The van der Waals surface area contributed by atoms with Gasteiger partial charge in [0, 0.05) is 25.3 Å². The maximum atomic E-state index is 12.5. The van der Waals surface area contributed by atoms with Gasteiger partial charge in [0.05, 0.1) is 22.9 Å². The molecule has 0 radical (unpaired) electrons. The third-order valence-electron chi connectivity index (χ3n) is 4.19. The SMILES string of the molecule is CCc1noc2ncc(C(=O)NC3CCCN(S(C)(=O)=O)C3)cc12. The van der Waals surface area contributed by atoms with Gasteiger partial charge in [-0.05, 0) is 25.3 Å². The molecule has 1 fully saturated rings. The average molecular weight is 352 g/mol. The molecule has 1 aliphatic heterocycles. The van der Waals surface area contributed by atoms with E-state index >= 15 is 0 Å². The Morgan fingerprint density at radius 2 is 2.29 bits per heavy atom. The van der Waals surface area contributed by atoms with Crippen molar-refractivity contribution in [2.24, 2.45) is 0 Å². The topological polar surface area (TPSA) is 105 Å². The van der Waals surface area contributed by atoms with E-state index in [0.717, 1.165) is 23.9 Å². The van der Waals surface area contributed by atoms with Gasteiger partial charge in [-0.25, -0.2) is 17.7 Å². The zero-order chi connectivity index (χ0) is 17.3. The van der Waals surface area contributed by atoms with Crippen molar-refractivity contribution in [2.45, 2.75) is 32.2 Å². The Morgan fingerprint density at radius 3 is 3.00 bits per heavy atom. The number of pyridine rings is 1. The van der Waals surface area contributed by atoms with Crippen LogP contribution in [0.5, 0.6) is 0 Å². The molecular formula is C15H20N4O4S. The van der Waals surface area contributed by atoms with Crippen LogP contribution in [0.1, 0.15) is 35.8 Å². The van der Waals surface area contributed by atoms with Gasteiger partial charge in [0.1, 0.15) is 0 Å². The second-order valence-electron chi connectivity index (χ2n) is 5.99. The predicted octanol–water partition coefficient (Wildman–Crippen LogP) is 0.939. The number of piperidine rings is 1. The molecule has 9 heteroatoms. The minimum absolute atomic E-state index is 0.204.